The van der Waals surface area contributed by atoms with Crippen molar-refractivity contribution in [1.29, 1.82) is 0 Å². The van der Waals surface area contributed by atoms with Gasteiger partial charge in [-0.2, -0.15) is 0 Å². The van der Waals surface area contributed by atoms with Crippen molar-refractivity contribution in [2.75, 3.05) is 26.7 Å². The zero-order valence-electron chi connectivity index (χ0n) is 11.9. The highest BCUT2D eigenvalue weighted by Gasteiger charge is 2.29. The monoisotopic (exact) mass is 242 g/mol. The molecule has 0 radical (unpaired) electrons. The summed E-state index contributed by atoms with van der Waals surface area (Å²) in [4.78, 5) is 2.41. The summed E-state index contributed by atoms with van der Waals surface area (Å²) in [6, 6.07) is 1.18. The Balaban J connectivity index is 2.54. The average molecular weight is 242 g/mol. The lowest BCUT2D eigenvalue weighted by atomic mass is 9.78. The van der Waals surface area contributed by atoms with E-state index in [9.17, 15) is 0 Å². The van der Waals surface area contributed by atoms with Crippen molar-refractivity contribution in [2.45, 2.75) is 52.1 Å². The first-order valence-corrected chi connectivity index (χ1v) is 7.10. The van der Waals surface area contributed by atoms with Crippen molar-refractivity contribution < 1.29 is 5.11 Å². The third-order valence-corrected chi connectivity index (χ3v) is 4.20. The molecular weight excluding hydrogens is 212 g/mol. The average Bonchev–Trinajstić information content (AvgIpc) is 2.28. The van der Waals surface area contributed by atoms with Gasteiger partial charge in [0.2, 0.25) is 0 Å². The lowest BCUT2D eigenvalue weighted by Crippen LogP contribution is -2.46. The molecule has 3 nitrogen and oxygen atoms in total. The van der Waals surface area contributed by atoms with Gasteiger partial charge >= 0.3 is 0 Å². The molecule has 0 aliphatic heterocycles. The van der Waals surface area contributed by atoms with Crippen LogP contribution >= 0.6 is 0 Å². The molecule has 0 aromatic carbocycles. The van der Waals surface area contributed by atoms with E-state index in [4.69, 9.17) is 5.11 Å². The van der Waals surface area contributed by atoms with E-state index in [1.165, 1.54) is 19.3 Å². The maximum absolute atomic E-state index is 9.13. The summed E-state index contributed by atoms with van der Waals surface area (Å²) >= 11 is 0. The molecule has 0 saturated heterocycles. The summed E-state index contributed by atoms with van der Waals surface area (Å²) in [7, 11) is 2.08. The maximum Gasteiger partial charge on any atom is 0.0558 e. The molecule has 17 heavy (non-hydrogen) atoms. The number of nitrogens with zero attached hydrogens (tertiary/aromatic N) is 1. The molecule has 102 valence electrons. The van der Waals surface area contributed by atoms with Gasteiger partial charge in [0.25, 0.3) is 0 Å². The van der Waals surface area contributed by atoms with Gasteiger partial charge in [0.05, 0.1) is 6.61 Å². The van der Waals surface area contributed by atoms with Gasteiger partial charge in [-0.3, -0.25) is 4.90 Å². The summed E-state index contributed by atoms with van der Waals surface area (Å²) in [6.45, 7) is 8.99. The Kier molecular flexibility index (Phi) is 6.45. The minimum absolute atomic E-state index is 0.269. The van der Waals surface area contributed by atoms with E-state index in [1.807, 2.05) is 0 Å². The number of nitrogens with one attached hydrogen (secondary N) is 1. The number of rotatable bonds is 6. The van der Waals surface area contributed by atoms with E-state index >= 15 is 0 Å². The van der Waals surface area contributed by atoms with Crippen molar-refractivity contribution in [3.05, 3.63) is 0 Å². The van der Waals surface area contributed by atoms with Crippen LogP contribution in [0.4, 0.5) is 0 Å². The largest absolute Gasteiger partial charge is 0.395 e. The minimum Gasteiger partial charge on any atom is -0.395 e. The Morgan fingerprint density at radius 1 is 1.35 bits per heavy atom. The lowest BCUT2D eigenvalue weighted by Gasteiger charge is -2.39. The molecule has 0 aromatic heterocycles. The van der Waals surface area contributed by atoms with Crippen molar-refractivity contribution in [2.24, 2.45) is 11.8 Å². The summed E-state index contributed by atoms with van der Waals surface area (Å²) < 4.78 is 0. The third kappa shape index (κ3) is 4.57. The Morgan fingerprint density at radius 2 is 2.06 bits per heavy atom. The van der Waals surface area contributed by atoms with Crippen molar-refractivity contribution >= 4 is 0 Å². The molecule has 2 N–H and O–H groups in total. The normalized spacial score (nSPS) is 30.2. The zero-order chi connectivity index (χ0) is 12.8. The third-order valence-electron chi connectivity index (χ3n) is 4.20. The standard InChI is InChI=1S/C14H30N2O/c1-11(2)16(7-8-17)10-13-9-12(3)5-6-14(13)15-4/h11-15,17H,5-10H2,1-4H3. The van der Waals surface area contributed by atoms with Crippen molar-refractivity contribution in [3.8, 4) is 0 Å². The number of aliphatic hydroxyl groups excluding tert-OH is 1. The quantitative estimate of drug-likeness (QED) is 0.744. The smallest absolute Gasteiger partial charge is 0.0558 e. The molecule has 0 bridgehead atoms. The molecule has 1 aliphatic rings. The fourth-order valence-electron chi connectivity index (χ4n) is 3.07. The predicted molar refractivity (Wildman–Crippen MR) is 73.1 cm³/mol. The van der Waals surface area contributed by atoms with Crippen molar-refractivity contribution in [1.82, 2.24) is 10.2 Å². The first-order valence-electron chi connectivity index (χ1n) is 7.10. The molecule has 1 rings (SSSR count). The molecule has 1 aliphatic carbocycles. The lowest BCUT2D eigenvalue weighted by molar-refractivity contribution is 0.107. The van der Waals surface area contributed by atoms with Crippen LogP contribution in [-0.4, -0.2) is 48.8 Å². The van der Waals surface area contributed by atoms with E-state index in [-0.39, 0.29) is 6.61 Å². The predicted octanol–water partition coefficient (Wildman–Crippen LogP) is 1.71. The van der Waals surface area contributed by atoms with Gasteiger partial charge in [0.15, 0.2) is 0 Å². The molecule has 0 spiro atoms. The van der Waals surface area contributed by atoms with E-state index in [0.717, 1.165) is 24.9 Å². The number of hydrogen-bond donors (Lipinski definition) is 2. The Morgan fingerprint density at radius 3 is 2.59 bits per heavy atom. The summed E-state index contributed by atoms with van der Waals surface area (Å²) in [5.41, 5.74) is 0. The van der Waals surface area contributed by atoms with E-state index in [2.05, 4.69) is 38.0 Å². The Labute approximate surface area is 107 Å². The van der Waals surface area contributed by atoms with Gasteiger partial charge in [-0.25, -0.2) is 0 Å². The summed E-state index contributed by atoms with van der Waals surface area (Å²) in [5, 5.41) is 12.6. The SMILES string of the molecule is CNC1CCC(C)CC1CN(CCO)C(C)C. The molecule has 3 atom stereocenters. The summed E-state index contributed by atoms with van der Waals surface area (Å²) in [5.74, 6) is 1.59. The fraction of sp³-hybridized carbons (Fsp3) is 1.00. The van der Waals surface area contributed by atoms with Crippen LogP contribution in [0, 0.1) is 11.8 Å². The van der Waals surface area contributed by atoms with Gasteiger partial charge in [0, 0.05) is 25.2 Å². The number of aliphatic hydroxyl groups is 1. The highest BCUT2D eigenvalue weighted by molar-refractivity contribution is 4.85. The van der Waals surface area contributed by atoms with E-state index in [0.29, 0.717) is 12.1 Å². The minimum atomic E-state index is 0.269. The molecule has 3 heteroatoms. The number of hydrogen-bond acceptors (Lipinski definition) is 3. The van der Waals surface area contributed by atoms with Crippen LogP contribution in [0.2, 0.25) is 0 Å². The molecule has 3 unspecified atom stereocenters. The van der Waals surface area contributed by atoms with Crippen LogP contribution in [0.3, 0.4) is 0 Å². The van der Waals surface area contributed by atoms with Gasteiger partial charge in [-0.05, 0) is 52.0 Å². The van der Waals surface area contributed by atoms with Crippen LogP contribution in [0.25, 0.3) is 0 Å². The topological polar surface area (TPSA) is 35.5 Å². The van der Waals surface area contributed by atoms with Crippen LogP contribution in [-0.2, 0) is 0 Å². The molecule has 1 fully saturated rings. The molecule has 0 amide bonds. The molecular formula is C14H30N2O. The van der Waals surface area contributed by atoms with Crippen LogP contribution < -0.4 is 5.32 Å². The molecule has 0 aromatic rings. The summed E-state index contributed by atoms with van der Waals surface area (Å²) in [6.07, 6.45) is 3.97. The first kappa shape index (κ1) is 14.9. The van der Waals surface area contributed by atoms with Gasteiger partial charge < -0.3 is 10.4 Å². The molecule has 1 saturated carbocycles. The fourth-order valence-corrected chi connectivity index (χ4v) is 3.07. The van der Waals surface area contributed by atoms with E-state index in [1.54, 1.807) is 0 Å². The van der Waals surface area contributed by atoms with Gasteiger partial charge in [-0.1, -0.05) is 6.92 Å². The van der Waals surface area contributed by atoms with Crippen LogP contribution in [0.5, 0.6) is 0 Å². The maximum atomic E-state index is 9.13. The highest BCUT2D eigenvalue weighted by Crippen LogP contribution is 2.29. The van der Waals surface area contributed by atoms with Gasteiger partial charge in [-0.15, -0.1) is 0 Å². The first-order chi connectivity index (χ1) is 8.08. The zero-order valence-corrected chi connectivity index (χ0v) is 11.9. The van der Waals surface area contributed by atoms with Crippen LogP contribution in [0.15, 0.2) is 0 Å². The second-order valence-electron chi connectivity index (χ2n) is 5.89. The van der Waals surface area contributed by atoms with Crippen molar-refractivity contribution in [3.63, 3.8) is 0 Å². The van der Waals surface area contributed by atoms with Gasteiger partial charge in [0.1, 0.15) is 0 Å². The second-order valence-corrected chi connectivity index (χ2v) is 5.89. The van der Waals surface area contributed by atoms with Crippen LogP contribution in [0.1, 0.15) is 40.0 Å². The Hall–Kier alpha value is -0.120. The Bertz CT molecular complexity index is 208. The van der Waals surface area contributed by atoms with E-state index < -0.39 is 0 Å². The highest BCUT2D eigenvalue weighted by atomic mass is 16.3. The molecule has 0 heterocycles. The second kappa shape index (κ2) is 7.34.